The van der Waals surface area contributed by atoms with E-state index in [0.29, 0.717) is 0 Å². The molecular weight excluding hydrogens is 337 g/mol. The van der Waals surface area contributed by atoms with Gasteiger partial charge >= 0.3 is 0 Å². The van der Waals surface area contributed by atoms with Crippen LogP contribution in [0.2, 0.25) is 0 Å². The molecule has 1 aromatic carbocycles. The van der Waals surface area contributed by atoms with Crippen molar-refractivity contribution in [2.24, 2.45) is 5.73 Å². The van der Waals surface area contributed by atoms with Crippen molar-refractivity contribution >= 4 is 22.6 Å². The van der Waals surface area contributed by atoms with E-state index in [2.05, 4.69) is 59.7 Å². The fraction of sp³-hybridized carbons (Fsp3) is 0.357. The minimum absolute atomic E-state index is 0.0950. The zero-order valence-electron chi connectivity index (χ0n) is 10.7. The van der Waals surface area contributed by atoms with Gasteiger partial charge in [0.1, 0.15) is 0 Å². The molecule has 0 radical (unpaired) electrons. The number of nitrogens with two attached hydrogens (primary N) is 1. The Bertz CT molecular complexity index is 534. The van der Waals surface area contributed by atoms with E-state index in [1.807, 2.05) is 17.1 Å². The average molecular weight is 355 g/mol. The summed E-state index contributed by atoms with van der Waals surface area (Å²) in [5.41, 5.74) is 9.85. The van der Waals surface area contributed by atoms with Gasteiger partial charge in [-0.15, -0.1) is 0 Å². The van der Waals surface area contributed by atoms with E-state index in [9.17, 15) is 0 Å². The van der Waals surface area contributed by atoms with Gasteiger partial charge in [0, 0.05) is 21.9 Å². The molecule has 3 nitrogen and oxygen atoms in total. The van der Waals surface area contributed by atoms with Gasteiger partial charge in [-0.2, -0.15) is 5.10 Å². The van der Waals surface area contributed by atoms with Gasteiger partial charge in [-0.3, -0.25) is 4.68 Å². The molecule has 0 saturated heterocycles. The molecule has 4 heteroatoms. The van der Waals surface area contributed by atoms with E-state index >= 15 is 0 Å². The van der Waals surface area contributed by atoms with E-state index in [1.54, 1.807) is 0 Å². The molecule has 0 bridgehead atoms. The summed E-state index contributed by atoms with van der Waals surface area (Å²) in [5, 5.41) is 4.34. The number of halogens is 1. The molecule has 0 amide bonds. The Hall–Kier alpha value is -0.880. The average Bonchev–Trinajstić information content (AvgIpc) is 2.81. The van der Waals surface area contributed by atoms with Crippen molar-refractivity contribution < 1.29 is 0 Å². The third-order valence-electron chi connectivity index (χ3n) is 3.02. The Morgan fingerprint density at radius 3 is 2.94 bits per heavy atom. The minimum Gasteiger partial charge on any atom is -0.320 e. The predicted octanol–water partition coefficient (Wildman–Crippen LogP) is 3.25. The van der Waals surface area contributed by atoms with Crippen LogP contribution in [0.25, 0.3) is 0 Å². The minimum atomic E-state index is -0.0950. The number of hydrogen-bond donors (Lipinski definition) is 1. The second kappa shape index (κ2) is 5.84. The number of rotatable bonds is 4. The molecule has 18 heavy (non-hydrogen) atoms. The van der Waals surface area contributed by atoms with Crippen LogP contribution in [0, 0.1) is 10.5 Å². The van der Waals surface area contributed by atoms with E-state index in [1.165, 1.54) is 14.7 Å². The number of aryl methyl sites for hydroxylation is 2. The van der Waals surface area contributed by atoms with Crippen molar-refractivity contribution in [3.8, 4) is 0 Å². The molecular formula is C14H18IN3. The molecule has 96 valence electrons. The summed E-state index contributed by atoms with van der Waals surface area (Å²) in [4.78, 5) is 0. The topological polar surface area (TPSA) is 43.8 Å². The summed E-state index contributed by atoms with van der Waals surface area (Å²) in [7, 11) is 0. The van der Waals surface area contributed by atoms with Gasteiger partial charge in [-0.1, -0.05) is 25.1 Å². The van der Waals surface area contributed by atoms with Crippen LogP contribution in [0.4, 0.5) is 0 Å². The summed E-state index contributed by atoms with van der Waals surface area (Å²) in [6.07, 6.45) is 5.00. The molecule has 0 saturated carbocycles. The van der Waals surface area contributed by atoms with Crippen molar-refractivity contribution in [1.82, 2.24) is 9.78 Å². The Balaban J connectivity index is 2.29. The van der Waals surface area contributed by atoms with Crippen LogP contribution in [0.1, 0.15) is 36.1 Å². The van der Waals surface area contributed by atoms with Crippen LogP contribution in [-0.4, -0.2) is 9.78 Å². The fourth-order valence-corrected chi connectivity index (χ4v) is 2.68. The molecule has 2 rings (SSSR count). The second-order valence-corrected chi connectivity index (χ2v) is 5.57. The van der Waals surface area contributed by atoms with E-state index in [0.717, 1.165) is 18.5 Å². The maximum Gasteiger partial charge on any atom is 0.0593 e. The van der Waals surface area contributed by atoms with E-state index in [-0.39, 0.29) is 6.04 Å². The Kier molecular flexibility index (Phi) is 4.40. The van der Waals surface area contributed by atoms with Crippen LogP contribution >= 0.6 is 22.6 Å². The molecule has 1 unspecified atom stereocenters. The molecule has 2 N–H and O–H groups in total. The monoisotopic (exact) mass is 355 g/mol. The predicted molar refractivity (Wildman–Crippen MR) is 82.4 cm³/mol. The van der Waals surface area contributed by atoms with Crippen LogP contribution in [0.3, 0.4) is 0 Å². The normalized spacial score (nSPS) is 12.7. The highest BCUT2D eigenvalue weighted by Gasteiger charge is 2.14. The molecule has 1 atom stereocenters. The largest absolute Gasteiger partial charge is 0.320 e. The standard InChI is InChI=1S/C14H18IN3/c1-3-7-18-9-11(8-17-18)14(16)12-6-4-5-10(2)13(12)15/h4-6,8-9,14H,3,7,16H2,1-2H3. The summed E-state index contributed by atoms with van der Waals surface area (Å²) in [6, 6.07) is 6.17. The summed E-state index contributed by atoms with van der Waals surface area (Å²) in [5.74, 6) is 0. The first kappa shape index (κ1) is 13.5. The number of benzene rings is 1. The third kappa shape index (κ3) is 2.75. The zero-order chi connectivity index (χ0) is 13.1. The van der Waals surface area contributed by atoms with Gasteiger partial charge < -0.3 is 5.73 Å². The first-order valence-electron chi connectivity index (χ1n) is 6.16. The van der Waals surface area contributed by atoms with Gasteiger partial charge in [0.25, 0.3) is 0 Å². The van der Waals surface area contributed by atoms with Crippen molar-refractivity contribution in [2.45, 2.75) is 32.9 Å². The molecule has 0 aliphatic carbocycles. The maximum atomic E-state index is 6.34. The molecule has 0 spiro atoms. The van der Waals surface area contributed by atoms with Gasteiger partial charge in [-0.25, -0.2) is 0 Å². The quantitative estimate of drug-likeness (QED) is 0.856. The van der Waals surface area contributed by atoms with E-state index in [4.69, 9.17) is 5.73 Å². The van der Waals surface area contributed by atoms with Gasteiger partial charge in [0.05, 0.1) is 12.2 Å². The van der Waals surface area contributed by atoms with Crippen molar-refractivity contribution in [3.63, 3.8) is 0 Å². The molecule has 0 aliphatic rings. The van der Waals surface area contributed by atoms with Crippen LogP contribution in [0.15, 0.2) is 30.6 Å². The highest BCUT2D eigenvalue weighted by Crippen LogP contribution is 2.26. The summed E-state index contributed by atoms with van der Waals surface area (Å²) in [6.45, 7) is 5.20. The lowest BCUT2D eigenvalue weighted by molar-refractivity contribution is 0.602. The highest BCUT2D eigenvalue weighted by molar-refractivity contribution is 14.1. The van der Waals surface area contributed by atoms with Crippen LogP contribution in [-0.2, 0) is 6.54 Å². The molecule has 2 aromatic rings. The van der Waals surface area contributed by atoms with Crippen molar-refractivity contribution in [1.29, 1.82) is 0 Å². The second-order valence-electron chi connectivity index (χ2n) is 4.49. The van der Waals surface area contributed by atoms with Crippen molar-refractivity contribution in [2.75, 3.05) is 0 Å². The number of hydrogen-bond acceptors (Lipinski definition) is 2. The number of nitrogens with zero attached hydrogens (tertiary/aromatic N) is 2. The maximum absolute atomic E-state index is 6.34. The SMILES string of the molecule is CCCn1cc(C(N)c2cccc(C)c2I)cn1. The number of aromatic nitrogens is 2. The van der Waals surface area contributed by atoms with Crippen LogP contribution < -0.4 is 5.73 Å². The Labute approximate surface area is 122 Å². The molecule has 0 fully saturated rings. The molecule has 1 aromatic heterocycles. The summed E-state index contributed by atoms with van der Waals surface area (Å²) < 4.78 is 3.20. The molecule has 1 heterocycles. The van der Waals surface area contributed by atoms with Gasteiger partial charge in [-0.05, 0) is 47.1 Å². The highest BCUT2D eigenvalue weighted by atomic mass is 127. The third-order valence-corrected chi connectivity index (χ3v) is 4.50. The Morgan fingerprint density at radius 2 is 2.22 bits per heavy atom. The van der Waals surface area contributed by atoms with Crippen LogP contribution in [0.5, 0.6) is 0 Å². The van der Waals surface area contributed by atoms with Gasteiger partial charge in [0.15, 0.2) is 0 Å². The fourth-order valence-electron chi connectivity index (χ4n) is 1.98. The first-order valence-corrected chi connectivity index (χ1v) is 7.24. The smallest absolute Gasteiger partial charge is 0.0593 e. The first-order chi connectivity index (χ1) is 8.63. The lowest BCUT2D eigenvalue weighted by atomic mass is 10.0. The van der Waals surface area contributed by atoms with Crippen molar-refractivity contribution in [3.05, 3.63) is 50.9 Å². The zero-order valence-corrected chi connectivity index (χ0v) is 12.9. The van der Waals surface area contributed by atoms with E-state index < -0.39 is 0 Å². The van der Waals surface area contributed by atoms with Gasteiger partial charge in [0.2, 0.25) is 0 Å². The lowest BCUT2D eigenvalue weighted by Crippen LogP contribution is -2.13. The lowest BCUT2D eigenvalue weighted by Gasteiger charge is -2.13. The molecule has 0 aliphatic heterocycles. The Morgan fingerprint density at radius 1 is 1.44 bits per heavy atom. The summed E-state index contributed by atoms with van der Waals surface area (Å²) >= 11 is 2.36.